The Hall–Kier alpha value is -2.04. The van der Waals surface area contributed by atoms with Crippen LogP contribution < -0.4 is 5.73 Å². The highest BCUT2D eigenvalue weighted by Gasteiger charge is 1.95. The Bertz CT molecular complexity index is 305. The molecule has 0 aliphatic rings. The highest BCUT2D eigenvalue weighted by Crippen LogP contribution is 2.01. The molecule has 0 aliphatic carbocycles. The van der Waals surface area contributed by atoms with Crippen molar-refractivity contribution in [2.75, 3.05) is 6.61 Å². The fourth-order valence-corrected chi connectivity index (χ4v) is 0.671. The van der Waals surface area contributed by atoms with Gasteiger partial charge in [-0.25, -0.2) is 4.79 Å². The van der Waals surface area contributed by atoms with Gasteiger partial charge in [0.1, 0.15) is 12.4 Å². The second-order valence-electron chi connectivity index (χ2n) is 2.50. The lowest BCUT2D eigenvalue weighted by Gasteiger charge is -2.00. The van der Waals surface area contributed by atoms with E-state index >= 15 is 0 Å². The summed E-state index contributed by atoms with van der Waals surface area (Å²) in [6, 6.07) is 0. The third-order valence-electron chi connectivity index (χ3n) is 1.35. The van der Waals surface area contributed by atoms with Crippen LogP contribution in [0.4, 0.5) is 4.79 Å². The minimum absolute atomic E-state index is 0.00389. The third kappa shape index (κ3) is 7.06. The lowest BCUT2D eigenvalue weighted by molar-refractivity contribution is -0.124. The molecule has 0 rings (SSSR count). The normalized spacial score (nSPS) is 11.1. The van der Waals surface area contributed by atoms with E-state index in [1.165, 1.54) is 6.08 Å². The summed E-state index contributed by atoms with van der Waals surface area (Å²) < 4.78 is 9.08. The van der Waals surface area contributed by atoms with Crippen molar-refractivity contribution >= 4 is 12.6 Å². The third-order valence-corrected chi connectivity index (χ3v) is 1.35. The van der Waals surface area contributed by atoms with Gasteiger partial charge in [-0.2, -0.15) is 0 Å². The first-order valence-corrected chi connectivity index (χ1v) is 4.14. The summed E-state index contributed by atoms with van der Waals surface area (Å²) in [6.07, 6.45) is 3.83. The Kier molecular flexibility index (Phi) is 6.37. The van der Waals surface area contributed by atoms with Crippen molar-refractivity contribution in [2.45, 2.75) is 6.92 Å². The SMILES string of the molecule is C=C(/C=C\C(=C/C)OC=O)COC(N)=O. The summed E-state index contributed by atoms with van der Waals surface area (Å²) in [7, 11) is 0. The van der Waals surface area contributed by atoms with Gasteiger partial charge in [0.05, 0.1) is 0 Å². The molecule has 0 aromatic rings. The highest BCUT2D eigenvalue weighted by atomic mass is 16.5. The Labute approximate surface area is 87.8 Å². The number of carbonyl (C=O) groups is 2. The van der Waals surface area contributed by atoms with E-state index in [1.54, 1.807) is 19.1 Å². The largest absolute Gasteiger partial charge is 0.445 e. The highest BCUT2D eigenvalue weighted by molar-refractivity contribution is 5.64. The van der Waals surface area contributed by atoms with Gasteiger partial charge in [-0.3, -0.25) is 4.79 Å². The number of rotatable bonds is 6. The monoisotopic (exact) mass is 211 g/mol. The Morgan fingerprint density at radius 3 is 2.60 bits per heavy atom. The Morgan fingerprint density at radius 1 is 1.47 bits per heavy atom. The first-order chi connectivity index (χ1) is 7.10. The summed E-state index contributed by atoms with van der Waals surface area (Å²) >= 11 is 0. The van der Waals surface area contributed by atoms with Crippen LogP contribution in [0.2, 0.25) is 0 Å². The van der Waals surface area contributed by atoms with Crippen molar-refractivity contribution in [3.63, 3.8) is 0 Å². The predicted molar refractivity (Wildman–Crippen MR) is 54.7 cm³/mol. The molecule has 0 bridgehead atoms. The van der Waals surface area contributed by atoms with Gasteiger partial charge in [0.2, 0.25) is 0 Å². The lowest BCUT2D eigenvalue weighted by Crippen LogP contribution is -2.14. The van der Waals surface area contributed by atoms with Crippen LogP contribution in [0.25, 0.3) is 0 Å². The number of primary amides is 1. The topological polar surface area (TPSA) is 78.6 Å². The van der Waals surface area contributed by atoms with Crippen LogP contribution in [0.1, 0.15) is 6.92 Å². The van der Waals surface area contributed by atoms with E-state index in [1.807, 2.05) is 0 Å². The Balaban J connectivity index is 4.09. The van der Waals surface area contributed by atoms with E-state index in [9.17, 15) is 9.59 Å². The van der Waals surface area contributed by atoms with Crippen LogP contribution in [0.5, 0.6) is 0 Å². The number of hydrogen-bond donors (Lipinski definition) is 1. The van der Waals surface area contributed by atoms with Crippen molar-refractivity contribution in [1.82, 2.24) is 0 Å². The van der Waals surface area contributed by atoms with Crippen LogP contribution in [-0.2, 0) is 14.3 Å². The predicted octanol–water partition coefficient (Wildman–Crippen LogP) is 1.27. The number of hydrogen-bond acceptors (Lipinski definition) is 4. The number of ether oxygens (including phenoxy) is 2. The lowest BCUT2D eigenvalue weighted by atomic mass is 10.3. The second-order valence-corrected chi connectivity index (χ2v) is 2.50. The molecule has 0 spiro atoms. The van der Waals surface area contributed by atoms with E-state index in [-0.39, 0.29) is 6.61 Å². The molecule has 0 saturated heterocycles. The average molecular weight is 211 g/mol. The minimum Gasteiger partial charge on any atom is -0.445 e. The molecule has 2 N–H and O–H groups in total. The van der Waals surface area contributed by atoms with Gasteiger partial charge in [-0.05, 0) is 24.6 Å². The molecule has 5 nitrogen and oxygen atoms in total. The standard InChI is InChI=1S/C10H13NO4/c1-3-9(15-7-12)5-4-8(2)6-14-10(11)13/h3-5,7H,2,6H2,1H3,(H2,11,13)/b5-4-,9-3+. The molecule has 0 aromatic heterocycles. The molecule has 0 heterocycles. The van der Waals surface area contributed by atoms with Gasteiger partial charge in [0.15, 0.2) is 0 Å². The van der Waals surface area contributed by atoms with Gasteiger partial charge in [0.25, 0.3) is 6.47 Å². The summed E-state index contributed by atoms with van der Waals surface area (Å²) in [5.41, 5.74) is 5.29. The molecule has 0 radical (unpaired) electrons. The molecule has 1 amide bonds. The van der Waals surface area contributed by atoms with Crippen LogP contribution >= 0.6 is 0 Å². The van der Waals surface area contributed by atoms with Gasteiger partial charge in [0, 0.05) is 0 Å². The fourth-order valence-electron chi connectivity index (χ4n) is 0.671. The quantitative estimate of drug-likeness (QED) is 0.407. The minimum atomic E-state index is -0.861. The van der Waals surface area contributed by atoms with Crippen LogP contribution in [0.3, 0.4) is 0 Å². The van der Waals surface area contributed by atoms with Crippen LogP contribution in [0.15, 0.2) is 36.1 Å². The zero-order chi connectivity index (χ0) is 11.7. The van der Waals surface area contributed by atoms with Gasteiger partial charge < -0.3 is 15.2 Å². The molecule has 5 heteroatoms. The van der Waals surface area contributed by atoms with E-state index in [2.05, 4.69) is 16.1 Å². The molecule has 15 heavy (non-hydrogen) atoms. The van der Waals surface area contributed by atoms with E-state index in [0.717, 1.165) is 0 Å². The van der Waals surface area contributed by atoms with E-state index in [0.29, 0.717) is 17.8 Å². The molecule has 0 atom stereocenters. The molecular formula is C10H13NO4. The number of carbonyl (C=O) groups excluding carboxylic acids is 2. The fraction of sp³-hybridized carbons (Fsp3) is 0.200. The summed E-state index contributed by atoms with van der Waals surface area (Å²) in [4.78, 5) is 20.3. The Morgan fingerprint density at radius 2 is 2.13 bits per heavy atom. The van der Waals surface area contributed by atoms with Crippen molar-refractivity contribution in [3.8, 4) is 0 Å². The van der Waals surface area contributed by atoms with Gasteiger partial charge in [-0.15, -0.1) is 0 Å². The maximum atomic E-state index is 10.3. The van der Waals surface area contributed by atoms with Crippen molar-refractivity contribution < 1.29 is 19.1 Å². The zero-order valence-corrected chi connectivity index (χ0v) is 8.43. The number of allylic oxidation sites excluding steroid dienone is 2. The van der Waals surface area contributed by atoms with Gasteiger partial charge in [-0.1, -0.05) is 12.7 Å². The summed E-state index contributed by atoms with van der Waals surface area (Å²) in [5.74, 6) is 0.380. The van der Waals surface area contributed by atoms with E-state index < -0.39 is 6.09 Å². The van der Waals surface area contributed by atoms with Crippen LogP contribution in [0, 0.1) is 0 Å². The molecule has 0 saturated carbocycles. The maximum absolute atomic E-state index is 10.3. The van der Waals surface area contributed by atoms with E-state index in [4.69, 9.17) is 5.73 Å². The first kappa shape index (κ1) is 13.0. The molecule has 0 unspecified atom stereocenters. The zero-order valence-electron chi connectivity index (χ0n) is 8.43. The van der Waals surface area contributed by atoms with Crippen molar-refractivity contribution in [3.05, 3.63) is 36.1 Å². The first-order valence-electron chi connectivity index (χ1n) is 4.14. The number of amides is 1. The van der Waals surface area contributed by atoms with Gasteiger partial charge >= 0.3 is 6.09 Å². The van der Waals surface area contributed by atoms with Crippen LogP contribution in [-0.4, -0.2) is 19.2 Å². The smallest absolute Gasteiger partial charge is 0.404 e. The van der Waals surface area contributed by atoms with Crippen molar-refractivity contribution in [2.24, 2.45) is 5.73 Å². The number of nitrogens with two attached hydrogens (primary N) is 1. The second kappa shape index (κ2) is 7.37. The summed E-state index contributed by atoms with van der Waals surface area (Å²) in [5, 5.41) is 0. The molecular weight excluding hydrogens is 198 g/mol. The molecule has 0 fully saturated rings. The summed E-state index contributed by atoms with van der Waals surface area (Å²) in [6.45, 7) is 5.64. The molecule has 0 aliphatic heterocycles. The molecule has 82 valence electrons. The van der Waals surface area contributed by atoms with Crippen molar-refractivity contribution in [1.29, 1.82) is 0 Å². The average Bonchev–Trinajstić information content (AvgIpc) is 2.21. The molecule has 0 aromatic carbocycles. The maximum Gasteiger partial charge on any atom is 0.404 e.